The molecule has 0 saturated carbocycles. The number of fused-ring (bicyclic) bond motifs is 1. The summed E-state index contributed by atoms with van der Waals surface area (Å²) in [6.07, 6.45) is 4.44. The molecule has 2 rings (SSSR count). The van der Waals surface area contributed by atoms with Gasteiger partial charge in [-0.25, -0.2) is 8.78 Å². The summed E-state index contributed by atoms with van der Waals surface area (Å²) in [6, 6.07) is 2.92. The van der Waals surface area contributed by atoms with Gasteiger partial charge in [0.15, 0.2) is 5.82 Å². The second kappa shape index (κ2) is 3.82. The number of benzene rings is 1. The highest BCUT2D eigenvalue weighted by Gasteiger charge is 2.11. The molecule has 0 fully saturated rings. The van der Waals surface area contributed by atoms with E-state index in [0.717, 1.165) is 0 Å². The molecule has 1 aromatic carbocycles. The van der Waals surface area contributed by atoms with E-state index in [1.165, 1.54) is 18.2 Å². The zero-order valence-corrected chi connectivity index (χ0v) is 7.93. The Bertz CT molecular complexity index is 515. The van der Waals surface area contributed by atoms with E-state index in [1.54, 1.807) is 12.3 Å². The lowest BCUT2D eigenvalue weighted by molar-refractivity contribution is 0.586. The Morgan fingerprint density at radius 1 is 1.40 bits per heavy atom. The summed E-state index contributed by atoms with van der Waals surface area (Å²) >= 11 is 0. The predicted octanol–water partition coefficient (Wildman–Crippen LogP) is 2.42. The molecule has 0 spiro atoms. The molecule has 1 aromatic heterocycles. The Kier molecular flexibility index (Phi) is 2.51. The largest absolute Gasteiger partial charge is 0.359 e. The minimum atomic E-state index is -0.584. The summed E-state index contributed by atoms with van der Waals surface area (Å²) < 4.78 is 27.2. The molecule has 15 heavy (non-hydrogen) atoms. The number of hydrogen-bond acceptors (Lipinski definition) is 1. The van der Waals surface area contributed by atoms with Crippen molar-refractivity contribution in [1.82, 2.24) is 4.98 Å². The number of aromatic amines is 1. The number of H-pyrrole nitrogens is 1. The Hall–Kier alpha value is -1.68. The molecule has 0 aliphatic carbocycles. The normalized spacial score (nSPS) is 11.7. The standard InChI is InChI=1S/C11H10F2N2/c12-9-6-7-3-5-15-11(7)10(13)8(9)2-1-4-14/h1-3,5-6,15H,4,14H2/b2-1+. The van der Waals surface area contributed by atoms with Crippen LogP contribution in [0.1, 0.15) is 5.56 Å². The first-order valence-corrected chi connectivity index (χ1v) is 4.55. The highest BCUT2D eigenvalue weighted by molar-refractivity contribution is 5.82. The molecule has 2 aromatic rings. The lowest BCUT2D eigenvalue weighted by Crippen LogP contribution is -1.94. The molecule has 0 atom stereocenters. The molecule has 78 valence electrons. The summed E-state index contributed by atoms with van der Waals surface area (Å²) in [5, 5.41) is 0.523. The second-order valence-electron chi connectivity index (χ2n) is 3.17. The number of halogens is 2. The van der Waals surface area contributed by atoms with Gasteiger partial charge in [0.2, 0.25) is 0 Å². The van der Waals surface area contributed by atoms with Crippen LogP contribution < -0.4 is 5.73 Å². The van der Waals surface area contributed by atoms with E-state index >= 15 is 0 Å². The molecular weight excluding hydrogens is 198 g/mol. The number of hydrogen-bond donors (Lipinski definition) is 2. The average molecular weight is 208 g/mol. The molecule has 0 aliphatic rings. The molecule has 2 nitrogen and oxygen atoms in total. The summed E-state index contributed by atoms with van der Waals surface area (Å²) in [6.45, 7) is 0.252. The molecule has 0 bridgehead atoms. The van der Waals surface area contributed by atoms with Gasteiger partial charge in [-0.3, -0.25) is 0 Å². The van der Waals surface area contributed by atoms with Gasteiger partial charge < -0.3 is 10.7 Å². The van der Waals surface area contributed by atoms with Crippen molar-refractivity contribution >= 4 is 17.0 Å². The number of nitrogens with two attached hydrogens (primary N) is 1. The summed E-state index contributed by atoms with van der Waals surface area (Å²) in [4.78, 5) is 2.73. The fourth-order valence-electron chi connectivity index (χ4n) is 1.48. The van der Waals surface area contributed by atoms with Crippen molar-refractivity contribution in [3.8, 4) is 0 Å². The first-order chi connectivity index (χ1) is 7.24. The van der Waals surface area contributed by atoms with Gasteiger partial charge in [0.05, 0.1) is 5.52 Å². The zero-order chi connectivity index (χ0) is 10.8. The molecule has 0 unspecified atom stereocenters. The van der Waals surface area contributed by atoms with Crippen molar-refractivity contribution in [2.75, 3.05) is 6.54 Å². The molecule has 0 aliphatic heterocycles. The quantitative estimate of drug-likeness (QED) is 0.781. The van der Waals surface area contributed by atoms with E-state index < -0.39 is 11.6 Å². The van der Waals surface area contributed by atoms with Gasteiger partial charge in [0.1, 0.15) is 5.82 Å². The smallest absolute Gasteiger partial charge is 0.157 e. The molecule has 0 radical (unpaired) electrons. The maximum Gasteiger partial charge on any atom is 0.157 e. The van der Waals surface area contributed by atoms with Crippen LogP contribution in [0.15, 0.2) is 24.4 Å². The topological polar surface area (TPSA) is 41.8 Å². The van der Waals surface area contributed by atoms with Gasteiger partial charge in [-0.1, -0.05) is 12.2 Å². The third kappa shape index (κ3) is 1.64. The first-order valence-electron chi connectivity index (χ1n) is 4.55. The molecule has 4 heteroatoms. The van der Waals surface area contributed by atoms with Gasteiger partial charge in [0, 0.05) is 23.7 Å². The van der Waals surface area contributed by atoms with Crippen molar-refractivity contribution in [3.05, 3.63) is 41.6 Å². The average Bonchev–Trinajstić information content (AvgIpc) is 2.65. The first kappa shape index (κ1) is 9.86. The van der Waals surface area contributed by atoms with Gasteiger partial charge >= 0.3 is 0 Å². The van der Waals surface area contributed by atoms with Crippen molar-refractivity contribution < 1.29 is 8.78 Å². The summed E-state index contributed by atoms with van der Waals surface area (Å²) in [7, 11) is 0. The van der Waals surface area contributed by atoms with Crippen molar-refractivity contribution in [2.45, 2.75) is 0 Å². The number of rotatable bonds is 2. The van der Waals surface area contributed by atoms with Gasteiger partial charge in [-0.15, -0.1) is 0 Å². The van der Waals surface area contributed by atoms with Crippen molar-refractivity contribution in [2.24, 2.45) is 5.73 Å². The van der Waals surface area contributed by atoms with Crippen LogP contribution in [0.2, 0.25) is 0 Å². The summed E-state index contributed by atoms with van der Waals surface area (Å²) in [5.74, 6) is -1.16. The monoisotopic (exact) mass is 208 g/mol. The van der Waals surface area contributed by atoms with Crippen molar-refractivity contribution in [1.29, 1.82) is 0 Å². The third-order valence-corrected chi connectivity index (χ3v) is 2.20. The predicted molar refractivity (Wildman–Crippen MR) is 56.3 cm³/mol. The Morgan fingerprint density at radius 2 is 2.20 bits per heavy atom. The SMILES string of the molecule is NC/C=C/c1c(F)cc2cc[nH]c2c1F. The van der Waals surface area contributed by atoms with Crippen LogP contribution in [0.3, 0.4) is 0 Å². The maximum absolute atomic E-state index is 13.7. The Morgan fingerprint density at radius 3 is 2.93 bits per heavy atom. The van der Waals surface area contributed by atoms with Gasteiger partial charge in [-0.05, 0) is 12.1 Å². The van der Waals surface area contributed by atoms with E-state index in [4.69, 9.17) is 5.73 Å². The van der Waals surface area contributed by atoms with Crippen LogP contribution in [0.4, 0.5) is 8.78 Å². The lowest BCUT2D eigenvalue weighted by Gasteiger charge is -2.01. The van der Waals surface area contributed by atoms with Crippen LogP contribution in [0.5, 0.6) is 0 Å². The van der Waals surface area contributed by atoms with Crippen LogP contribution >= 0.6 is 0 Å². The molecule has 1 heterocycles. The maximum atomic E-state index is 13.7. The molecule has 3 N–H and O–H groups in total. The number of nitrogens with one attached hydrogen (secondary N) is 1. The Labute approximate surface area is 85.4 Å². The van der Waals surface area contributed by atoms with Crippen LogP contribution in [0.25, 0.3) is 17.0 Å². The Balaban J connectivity index is 2.67. The van der Waals surface area contributed by atoms with Gasteiger partial charge in [0.25, 0.3) is 0 Å². The van der Waals surface area contributed by atoms with E-state index in [0.29, 0.717) is 10.9 Å². The molecule has 0 saturated heterocycles. The van der Waals surface area contributed by atoms with Crippen molar-refractivity contribution in [3.63, 3.8) is 0 Å². The summed E-state index contributed by atoms with van der Waals surface area (Å²) in [5.41, 5.74) is 5.48. The fourth-order valence-corrected chi connectivity index (χ4v) is 1.48. The van der Waals surface area contributed by atoms with E-state index in [2.05, 4.69) is 4.98 Å². The minimum Gasteiger partial charge on any atom is -0.359 e. The number of aromatic nitrogens is 1. The van der Waals surface area contributed by atoms with Gasteiger partial charge in [-0.2, -0.15) is 0 Å². The minimum absolute atomic E-state index is 0.0598. The highest BCUT2D eigenvalue weighted by Crippen LogP contribution is 2.23. The highest BCUT2D eigenvalue weighted by atomic mass is 19.1. The molecular formula is C11H10F2N2. The zero-order valence-electron chi connectivity index (χ0n) is 7.93. The van der Waals surface area contributed by atoms with E-state index in [9.17, 15) is 8.78 Å². The third-order valence-electron chi connectivity index (χ3n) is 2.20. The fraction of sp³-hybridized carbons (Fsp3) is 0.0909. The lowest BCUT2D eigenvalue weighted by atomic mass is 10.1. The van der Waals surface area contributed by atoms with E-state index in [-0.39, 0.29) is 12.1 Å². The van der Waals surface area contributed by atoms with E-state index in [1.807, 2.05) is 0 Å². The second-order valence-corrected chi connectivity index (χ2v) is 3.17. The molecule has 0 amide bonds. The van der Waals surface area contributed by atoms with Crippen LogP contribution in [-0.2, 0) is 0 Å². The van der Waals surface area contributed by atoms with Crippen LogP contribution in [0, 0.1) is 11.6 Å². The van der Waals surface area contributed by atoms with Crippen LogP contribution in [-0.4, -0.2) is 11.5 Å².